The van der Waals surface area contributed by atoms with Gasteiger partial charge in [0.05, 0.1) is 6.61 Å². The number of nitrogens with zero attached hydrogens (tertiary/aromatic N) is 2. The van der Waals surface area contributed by atoms with Crippen molar-refractivity contribution >= 4 is 11.8 Å². The smallest absolute Gasteiger partial charge is 0.253 e. The molecule has 29 heavy (non-hydrogen) atoms. The van der Waals surface area contributed by atoms with Gasteiger partial charge >= 0.3 is 0 Å². The highest BCUT2D eigenvalue weighted by molar-refractivity contribution is 5.95. The van der Waals surface area contributed by atoms with Crippen molar-refractivity contribution in [1.82, 2.24) is 9.80 Å². The van der Waals surface area contributed by atoms with E-state index in [-0.39, 0.29) is 11.8 Å². The van der Waals surface area contributed by atoms with E-state index in [0.717, 1.165) is 56.6 Å². The average molecular weight is 392 g/mol. The van der Waals surface area contributed by atoms with Crippen molar-refractivity contribution < 1.29 is 14.3 Å². The predicted molar refractivity (Wildman–Crippen MR) is 112 cm³/mol. The van der Waals surface area contributed by atoms with E-state index in [9.17, 15) is 9.59 Å². The van der Waals surface area contributed by atoms with E-state index in [2.05, 4.69) is 0 Å². The fraction of sp³-hybridized carbons (Fsp3) is 0.417. The SMILES string of the molecule is O=C(c1cccc(OC[C@H]2CCCN(C(=O)c3ccccc3)C2)c1)N1CCCC1. The molecule has 0 unspecified atom stereocenters. The molecule has 152 valence electrons. The quantitative estimate of drug-likeness (QED) is 0.777. The minimum atomic E-state index is 0.0882. The highest BCUT2D eigenvalue weighted by Gasteiger charge is 2.25. The normalized spacial score (nSPS) is 19.2. The molecule has 2 aromatic carbocycles. The third-order valence-electron chi connectivity index (χ3n) is 5.79. The Kier molecular flexibility index (Phi) is 6.13. The summed E-state index contributed by atoms with van der Waals surface area (Å²) in [5, 5.41) is 0. The number of amides is 2. The van der Waals surface area contributed by atoms with Crippen molar-refractivity contribution in [2.24, 2.45) is 5.92 Å². The van der Waals surface area contributed by atoms with Gasteiger partial charge in [-0.1, -0.05) is 24.3 Å². The molecule has 0 saturated carbocycles. The van der Waals surface area contributed by atoms with Crippen LogP contribution in [0.5, 0.6) is 5.75 Å². The number of hydrogen-bond acceptors (Lipinski definition) is 3. The van der Waals surface area contributed by atoms with Crippen LogP contribution in [0.25, 0.3) is 0 Å². The van der Waals surface area contributed by atoms with E-state index in [4.69, 9.17) is 4.74 Å². The standard InChI is InChI=1S/C24H28N2O3/c27-23(20-9-2-1-3-10-20)26-15-7-8-19(17-26)18-29-22-12-6-11-21(16-22)24(28)25-13-4-5-14-25/h1-3,6,9-12,16,19H,4-5,7-8,13-15,17-18H2/t19-/m0/s1. The zero-order valence-corrected chi connectivity index (χ0v) is 16.8. The fourth-order valence-corrected chi connectivity index (χ4v) is 4.18. The number of ether oxygens (including phenoxy) is 1. The van der Waals surface area contributed by atoms with Gasteiger partial charge in [0.2, 0.25) is 0 Å². The molecule has 0 radical (unpaired) electrons. The van der Waals surface area contributed by atoms with Gasteiger partial charge in [-0.05, 0) is 56.0 Å². The Hall–Kier alpha value is -2.82. The van der Waals surface area contributed by atoms with Crippen LogP contribution in [0.3, 0.4) is 0 Å². The molecule has 2 aliphatic rings. The first-order chi connectivity index (χ1) is 14.2. The van der Waals surface area contributed by atoms with Gasteiger partial charge in [-0.15, -0.1) is 0 Å². The van der Waals surface area contributed by atoms with Crippen molar-refractivity contribution in [2.75, 3.05) is 32.8 Å². The lowest BCUT2D eigenvalue weighted by atomic mass is 9.98. The average Bonchev–Trinajstić information content (AvgIpc) is 3.33. The minimum Gasteiger partial charge on any atom is -0.493 e. The van der Waals surface area contributed by atoms with Crippen LogP contribution in [0.2, 0.25) is 0 Å². The van der Waals surface area contributed by atoms with E-state index in [1.807, 2.05) is 64.4 Å². The molecule has 0 spiro atoms. The Morgan fingerprint density at radius 2 is 1.52 bits per heavy atom. The van der Waals surface area contributed by atoms with Gasteiger partial charge in [0.1, 0.15) is 5.75 Å². The first-order valence-corrected chi connectivity index (χ1v) is 10.6. The first-order valence-electron chi connectivity index (χ1n) is 10.6. The summed E-state index contributed by atoms with van der Waals surface area (Å²) in [6, 6.07) is 16.9. The number of carbonyl (C=O) groups is 2. The Labute approximate surface area is 172 Å². The van der Waals surface area contributed by atoms with Crippen LogP contribution in [-0.2, 0) is 0 Å². The number of likely N-dealkylation sites (tertiary alicyclic amines) is 2. The van der Waals surface area contributed by atoms with Crippen LogP contribution in [0, 0.1) is 5.92 Å². The van der Waals surface area contributed by atoms with E-state index < -0.39 is 0 Å². The second-order valence-corrected chi connectivity index (χ2v) is 7.96. The van der Waals surface area contributed by atoms with Gasteiger partial charge in [0.25, 0.3) is 11.8 Å². The van der Waals surface area contributed by atoms with Crippen LogP contribution < -0.4 is 4.74 Å². The highest BCUT2D eigenvalue weighted by atomic mass is 16.5. The van der Waals surface area contributed by atoms with Gasteiger partial charge in [0.15, 0.2) is 0 Å². The monoisotopic (exact) mass is 392 g/mol. The van der Waals surface area contributed by atoms with Crippen molar-refractivity contribution in [3.63, 3.8) is 0 Å². The molecule has 2 amide bonds. The zero-order valence-electron chi connectivity index (χ0n) is 16.8. The second kappa shape index (κ2) is 9.12. The molecule has 4 rings (SSSR count). The summed E-state index contributed by atoms with van der Waals surface area (Å²) in [6.45, 7) is 3.75. The summed E-state index contributed by atoms with van der Waals surface area (Å²) in [5.74, 6) is 1.20. The highest BCUT2D eigenvalue weighted by Crippen LogP contribution is 2.22. The topological polar surface area (TPSA) is 49.9 Å². The minimum absolute atomic E-state index is 0.0882. The van der Waals surface area contributed by atoms with Crippen LogP contribution in [-0.4, -0.2) is 54.4 Å². The molecule has 0 aromatic heterocycles. The molecule has 2 aliphatic heterocycles. The number of benzene rings is 2. The lowest BCUT2D eigenvalue weighted by molar-refractivity contribution is 0.0632. The first kappa shape index (κ1) is 19.5. The lowest BCUT2D eigenvalue weighted by Gasteiger charge is -2.32. The maximum absolute atomic E-state index is 12.7. The van der Waals surface area contributed by atoms with E-state index in [0.29, 0.717) is 24.6 Å². The maximum atomic E-state index is 12.7. The Morgan fingerprint density at radius 1 is 0.828 bits per heavy atom. The molecule has 2 fully saturated rings. The number of carbonyl (C=O) groups excluding carboxylic acids is 2. The van der Waals surface area contributed by atoms with Gasteiger partial charge in [0, 0.05) is 43.2 Å². The molecule has 2 saturated heterocycles. The van der Waals surface area contributed by atoms with Gasteiger partial charge in [-0.3, -0.25) is 9.59 Å². The third-order valence-corrected chi connectivity index (χ3v) is 5.79. The zero-order chi connectivity index (χ0) is 20.1. The molecular weight excluding hydrogens is 364 g/mol. The van der Waals surface area contributed by atoms with Crippen LogP contribution in [0.1, 0.15) is 46.4 Å². The summed E-state index contributed by atoms with van der Waals surface area (Å²) < 4.78 is 6.02. The summed E-state index contributed by atoms with van der Waals surface area (Å²) >= 11 is 0. The van der Waals surface area contributed by atoms with Gasteiger partial charge < -0.3 is 14.5 Å². The summed E-state index contributed by atoms with van der Waals surface area (Å²) in [5.41, 5.74) is 1.43. The molecule has 0 bridgehead atoms. The Balaban J connectivity index is 1.33. The van der Waals surface area contributed by atoms with E-state index in [1.54, 1.807) is 0 Å². The molecule has 5 heteroatoms. The summed E-state index contributed by atoms with van der Waals surface area (Å²) in [4.78, 5) is 29.1. The number of rotatable bonds is 5. The van der Waals surface area contributed by atoms with Crippen molar-refractivity contribution in [2.45, 2.75) is 25.7 Å². The van der Waals surface area contributed by atoms with Crippen molar-refractivity contribution in [3.05, 3.63) is 65.7 Å². The molecule has 0 N–H and O–H groups in total. The van der Waals surface area contributed by atoms with E-state index >= 15 is 0 Å². The largest absolute Gasteiger partial charge is 0.493 e. The lowest BCUT2D eigenvalue weighted by Crippen LogP contribution is -2.41. The van der Waals surface area contributed by atoms with Crippen LogP contribution >= 0.6 is 0 Å². The molecule has 2 heterocycles. The molecule has 0 aliphatic carbocycles. The second-order valence-electron chi connectivity index (χ2n) is 7.96. The molecule has 5 nitrogen and oxygen atoms in total. The van der Waals surface area contributed by atoms with Crippen LogP contribution in [0.15, 0.2) is 54.6 Å². The van der Waals surface area contributed by atoms with Crippen molar-refractivity contribution in [1.29, 1.82) is 0 Å². The Morgan fingerprint density at radius 3 is 2.31 bits per heavy atom. The summed E-state index contributed by atoms with van der Waals surface area (Å²) in [7, 11) is 0. The molecule has 1 atom stereocenters. The van der Waals surface area contributed by atoms with Crippen molar-refractivity contribution in [3.8, 4) is 5.75 Å². The fourth-order valence-electron chi connectivity index (χ4n) is 4.18. The maximum Gasteiger partial charge on any atom is 0.253 e. The van der Waals surface area contributed by atoms with Crippen LogP contribution in [0.4, 0.5) is 0 Å². The number of piperidine rings is 1. The van der Waals surface area contributed by atoms with Gasteiger partial charge in [-0.25, -0.2) is 0 Å². The molecular formula is C24H28N2O3. The summed E-state index contributed by atoms with van der Waals surface area (Å²) in [6.07, 6.45) is 4.20. The van der Waals surface area contributed by atoms with E-state index in [1.165, 1.54) is 0 Å². The van der Waals surface area contributed by atoms with Gasteiger partial charge in [-0.2, -0.15) is 0 Å². The Bertz CT molecular complexity index is 846. The number of hydrogen-bond donors (Lipinski definition) is 0. The third kappa shape index (κ3) is 4.78. The molecule has 2 aromatic rings. The predicted octanol–water partition coefficient (Wildman–Crippen LogP) is 3.85.